The standard InChI is InChI=1S/C14H14N4O/c1-9-7-11(10-5-3-4-6-12(10)16-9)14(19)13-8-15-17-18(13)2/h3-8,14,19H,1-2H3. The number of fused-ring (bicyclic) bond motifs is 1. The number of nitrogens with zero attached hydrogens (tertiary/aromatic N) is 4. The van der Waals surface area contributed by atoms with E-state index < -0.39 is 6.10 Å². The van der Waals surface area contributed by atoms with Gasteiger partial charge in [0.1, 0.15) is 6.10 Å². The summed E-state index contributed by atoms with van der Waals surface area (Å²) in [6.07, 6.45) is 0.821. The molecule has 0 radical (unpaired) electrons. The van der Waals surface area contributed by atoms with Crippen molar-refractivity contribution >= 4 is 10.9 Å². The topological polar surface area (TPSA) is 63.8 Å². The summed E-state index contributed by atoms with van der Waals surface area (Å²) in [5.41, 5.74) is 3.25. The maximum Gasteiger partial charge on any atom is 0.123 e. The first kappa shape index (κ1) is 11.8. The number of rotatable bonds is 2. The average molecular weight is 254 g/mol. The highest BCUT2D eigenvalue weighted by molar-refractivity contribution is 5.83. The van der Waals surface area contributed by atoms with E-state index in [-0.39, 0.29) is 0 Å². The molecule has 3 rings (SSSR count). The van der Waals surface area contributed by atoms with Crippen LogP contribution in [0.15, 0.2) is 36.5 Å². The van der Waals surface area contributed by atoms with Gasteiger partial charge >= 0.3 is 0 Å². The third-order valence-electron chi connectivity index (χ3n) is 3.20. The minimum Gasteiger partial charge on any atom is -0.382 e. The number of aliphatic hydroxyl groups is 1. The molecule has 2 heterocycles. The molecule has 0 aliphatic heterocycles. The lowest BCUT2D eigenvalue weighted by Gasteiger charge is -2.14. The summed E-state index contributed by atoms with van der Waals surface area (Å²) >= 11 is 0. The number of hydrogen-bond donors (Lipinski definition) is 1. The van der Waals surface area contributed by atoms with Crippen molar-refractivity contribution in [2.75, 3.05) is 0 Å². The molecule has 0 fully saturated rings. The van der Waals surface area contributed by atoms with Gasteiger partial charge in [-0.15, -0.1) is 5.10 Å². The molecule has 1 unspecified atom stereocenters. The molecule has 96 valence electrons. The molecular weight excluding hydrogens is 240 g/mol. The van der Waals surface area contributed by atoms with Crippen LogP contribution in [0.25, 0.3) is 10.9 Å². The zero-order chi connectivity index (χ0) is 13.4. The van der Waals surface area contributed by atoms with Crippen molar-refractivity contribution in [3.05, 3.63) is 53.5 Å². The average Bonchev–Trinajstić information content (AvgIpc) is 2.83. The van der Waals surface area contributed by atoms with Gasteiger partial charge in [-0.1, -0.05) is 23.4 Å². The first-order chi connectivity index (χ1) is 9.16. The van der Waals surface area contributed by atoms with Crippen LogP contribution in [0, 0.1) is 6.92 Å². The molecule has 1 N–H and O–H groups in total. The van der Waals surface area contributed by atoms with Crippen molar-refractivity contribution in [1.29, 1.82) is 0 Å². The molecule has 2 aromatic heterocycles. The Bertz CT molecular complexity index is 735. The summed E-state index contributed by atoms with van der Waals surface area (Å²) in [5.74, 6) is 0. The number of benzene rings is 1. The lowest BCUT2D eigenvalue weighted by atomic mass is 10.0. The second-order valence-corrected chi connectivity index (χ2v) is 4.56. The SMILES string of the molecule is Cc1cc(C(O)c2cnnn2C)c2ccccc2n1. The fourth-order valence-corrected chi connectivity index (χ4v) is 2.27. The summed E-state index contributed by atoms with van der Waals surface area (Å²) in [7, 11) is 1.77. The molecule has 0 spiro atoms. The number of aliphatic hydroxyl groups excluding tert-OH is 1. The Hall–Kier alpha value is -2.27. The monoisotopic (exact) mass is 254 g/mol. The van der Waals surface area contributed by atoms with Gasteiger partial charge in [0, 0.05) is 18.1 Å². The Kier molecular flexibility index (Phi) is 2.76. The lowest BCUT2D eigenvalue weighted by molar-refractivity contribution is 0.211. The van der Waals surface area contributed by atoms with Gasteiger partial charge in [-0.3, -0.25) is 4.98 Å². The summed E-state index contributed by atoms with van der Waals surface area (Å²) in [5, 5.41) is 19.2. The summed E-state index contributed by atoms with van der Waals surface area (Å²) < 4.78 is 1.58. The molecule has 1 atom stereocenters. The quantitative estimate of drug-likeness (QED) is 0.756. The van der Waals surface area contributed by atoms with Gasteiger partial charge < -0.3 is 5.11 Å². The Morgan fingerprint density at radius 1 is 1.26 bits per heavy atom. The van der Waals surface area contributed by atoms with Crippen LogP contribution in [0.2, 0.25) is 0 Å². The normalized spacial score (nSPS) is 12.8. The van der Waals surface area contributed by atoms with E-state index in [1.165, 1.54) is 0 Å². The number of hydrogen-bond acceptors (Lipinski definition) is 4. The molecular formula is C14H14N4O. The predicted molar refractivity (Wildman–Crippen MR) is 71.5 cm³/mol. The van der Waals surface area contributed by atoms with Gasteiger partial charge in [0.15, 0.2) is 0 Å². The van der Waals surface area contributed by atoms with E-state index in [4.69, 9.17) is 0 Å². The second-order valence-electron chi connectivity index (χ2n) is 4.56. The van der Waals surface area contributed by atoms with E-state index in [1.807, 2.05) is 37.3 Å². The Balaban J connectivity index is 2.22. The first-order valence-corrected chi connectivity index (χ1v) is 6.06. The van der Waals surface area contributed by atoms with Crippen LogP contribution >= 0.6 is 0 Å². The molecule has 0 aliphatic rings. The van der Waals surface area contributed by atoms with E-state index >= 15 is 0 Å². The third kappa shape index (κ3) is 1.98. The van der Waals surface area contributed by atoms with Gasteiger partial charge in [0.05, 0.1) is 17.4 Å². The van der Waals surface area contributed by atoms with E-state index in [2.05, 4.69) is 15.3 Å². The van der Waals surface area contributed by atoms with Crippen molar-refractivity contribution in [3.8, 4) is 0 Å². The zero-order valence-electron chi connectivity index (χ0n) is 10.8. The van der Waals surface area contributed by atoms with Crippen molar-refractivity contribution in [3.63, 3.8) is 0 Å². The number of para-hydroxylation sites is 1. The van der Waals surface area contributed by atoms with E-state index in [1.54, 1.807) is 17.9 Å². The van der Waals surface area contributed by atoms with Crippen molar-refractivity contribution in [2.24, 2.45) is 7.05 Å². The van der Waals surface area contributed by atoms with Gasteiger partial charge in [-0.05, 0) is 24.6 Å². The van der Waals surface area contributed by atoms with Gasteiger partial charge in [-0.2, -0.15) is 0 Å². The van der Waals surface area contributed by atoms with Crippen LogP contribution < -0.4 is 0 Å². The lowest BCUT2D eigenvalue weighted by Crippen LogP contribution is -2.08. The molecule has 0 amide bonds. The number of aryl methyl sites for hydroxylation is 2. The minimum absolute atomic E-state index is 0.663. The predicted octanol–water partition coefficient (Wildman–Crippen LogP) is 1.75. The van der Waals surface area contributed by atoms with Crippen LogP contribution in [-0.4, -0.2) is 25.1 Å². The third-order valence-corrected chi connectivity index (χ3v) is 3.20. The molecule has 0 bridgehead atoms. The molecule has 5 nitrogen and oxygen atoms in total. The minimum atomic E-state index is -0.758. The number of pyridine rings is 1. The van der Waals surface area contributed by atoms with Crippen LogP contribution in [0.1, 0.15) is 23.1 Å². The highest BCUT2D eigenvalue weighted by Gasteiger charge is 2.18. The Morgan fingerprint density at radius 3 is 2.79 bits per heavy atom. The molecule has 0 saturated heterocycles. The molecule has 19 heavy (non-hydrogen) atoms. The van der Waals surface area contributed by atoms with Crippen LogP contribution in [0.5, 0.6) is 0 Å². The molecule has 5 heteroatoms. The Morgan fingerprint density at radius 2 is 2.05 bits per heavy atom. The maximum atomic E-state index is 10.6. The van der Waals surface area contributed by atoms with E-state index in [0.717, 1.165) is 22.2 Å². The summed E-state index contributed by atoms with van der Waals surface area (Å²) in [4.78, 5) is 4.47. The van der Waals surface area contributed by atoms with E-state index in [9.17, 15) is 5.11 Å². The molecule has 1 aromatic carbocycles. The summed E-state index contributed by atoms with van der Waals surface area (Å²) in [6.45, 7) is 1.92. The van der Waals surface area contributed by atoms with Crippen LogP contribution in [0.3, 0.4) is 0 Å². The second kappa shape index (κ2) is 4.44. The molecule has 0 aliphatic carbocycles. The zero-order valence-corrected chi connectivity index (χ0v) is 10.8. The number of aromatic nitrogens is 4. The van der Waals surface area contributed by atoms with Crippen molar-refractivity contribution in [1.82, 2.24) is 20.0 Å². The van der Waals surface area contributed by atoms with Crippen molar-refractivity contribution < 1.29 is 5.11 Å². The summed E-state index contributed by atoms with van der Waals surface area (Å²) in [6, 6.07) is 9.69. The maximum absolute atomic E-state index is 10.6. The van der Waals surface area contributed by atoms with E-state index in [0.29, 0.717) is 5.69 Å². The molecule has 0 saturated carbocycles. The highest BCUT2D eigenvalue weighted by Crippen LogP contribution is 2.28. The largest absolute Gasteiger partial charge is 0.382 e. The van der Waals surface area contributed by atoms with Gasteiger partial charge in [-0.25, -0.2) is 4.68 Å². The Labute approximate surface area is 110 Å². The first-order valence-electron chi connectivity index (χ1n) is 6.06. The smallest absolute Gasteiger partial charge is 0.123 e. The van der Waals surface area contributed by atoms with Crippen molar-refractivity contribution in [2.45, 2.75) is 13.0 Å². The van der Waals surface area contributed by atoms with Crippen LogP contribution in [-0.2, 0) is 7.05 Å². The van der Waals surface area contributed by atoms with Crippen LogP contribution in [0.4, 0.5) is 0 Å². The van der Waals surface area contributed by atoms with Gasteiger partial charge in [0.25, 0.3) is 0 Å². The fourth-order valence-electron chi connectivity index (χ4n) is 2.27. The van der Waals surface area contributed by atoms with Gasteiger partial charge in [0.2, 0.25) is 0 Å². The molecule has 3 aromatic rings. The fraction of sp³-hybridized carbons (Fsp3) is 0.214. The highest BCUT2D eigenvalue weighted by atomic mass is 16.3.